The number of thioether (sulfide) groups is 1. The molecule has 4 nitrogen and oxygen atoms in total. The van der Waals surface area contributed by atoms with Crippen LogP contribution in [0.25, 0.3) is 0 Å². The summed E-state index contributed by atoms with van der Waals surface area (Å²) in [4.78, 5) is 17.0. The number of carbonyl (C=O) groups is 1. The van der Waals surface area contributed by atoms with Gasteiger partial charge in [0.05, 0.1) is 16.1 Å². The number of carbonyl (C=O) groups excluding carboxylic acids is 1. The van der Waals surface area contributed by atoms with Gasteiger partial charge in [0.15, 0.2) is 11.0 Å². The molecule has 2 aromatic carbocycles. The van der Waals surface area contributed by atoms with Crippen molar-refractivity contribution in [1.82, 2.24) is 0 Å². The van der Waals surface area contributed by atoms with E-state index in [1.807, 2.05) is 6.92 Å². The number of amides is 1. The lowest BCUT2D eigenvalue weighted by Gasteiger charge is -2.30. The fourth-order valence-electron chi connectivity index (χ4n) is 2.91. The van der Waals surface area contributed by atoms with E-state index < -0.39 is 30.1 Å². The van der Waals surface area contributed by atoms with E-state index in [2.05, 4.69) is 10.3 Å². The molecule has 0 fully saturated rings. The summed E-state index contributed by atoms with van der Waals surface area (Å²) in [5.41, 5.74) is 6.44. The van der Waals surface area contributed by atoms with Crippen molar-refractivity contribution in [3.8, 4) is 0 Å². The topological polar surface area (TPSA) is 67.5 Å². The molecular formula is C21H21ClF5N3OS. The van der Waals surface area contributed by atoms with E-state index in [0.717, 1.165) is 17.7 Å². The number of anilines is 1. The van der Waals surface area contributed by atoms with E-state index in [1.54, 1.807) is 18.2 Å². The van der Waals surface area contributed by atoms with Gasteiger partial charge < -0.3 is 11.1 Å². The van der Waals surface area contributed by atoms with Crippen LogP contribution in [-0.4, -0.2) is 23.0 Å². The van der Waals surface area contributed by atoms with E-state index in [1.165, 1.54) is 30.0 Å². The SMILES string of the molecule is CC(F)(F)F.CC1(c2ccc(CF)c(NC(=O)c3cccc(Cl)c3F)c2)CCSC(N)=N1. The molecule has 1 heterocycles. The summed E-state index contributed by atoms with van der Waals surface area (Å²) in [7, 11) is 0. The van der Waals surface area contributed by atoms with Gasteiger partial charge in [-0.15, -0.1) is 0 Å². The molecule has 174 valence electrons. The van der Waals surface area contributed by atoms with Gasteiger partial charge in [0.1, 0.15) is 6.67 Å². The monoisotopic (exact) mass is 493 g/mol. The second-order valence-electron chi connectivity index (χ2n) is 7.16. The molecule has 11 heteroatoms. The van der Waals surface area contributed by atoms with Gasteiger partial charge in [-0.05, 0) is 37.1 Å². The Morgan fingerprint density at radius 1 is 1.31 bits per heavy atom. The number of hydrogen-bond donors (Lipinski definition) is 2. The van der Waals surface area contributed by atoms with Crippen molar-refractivity contribution in [3.05, 3.63) is 63.9 Å². The van der Waals surface area contributed by atoms with Gasteiger partial charge in [-0.1, -0.05) is 41.6 Å². The smallest absolute Gasteiger partial charge is 0.379 e. The number of hydrogen-bond acceptors (Lipinski definition) is 4. The standard InChI is InChI=1S/C19H18ClF2N3OS.C2H3F3/c1-19(7-8-27-18(23)25-19)12-6-5-11(10-21)15(9-12)24-17(26)13-3-2-4-14(20)16(13)22;1-2(3,4)5/h2-6,9H,7-8,10H2,1H3,(H2,23,25)(H,24,26);1H3. The van der Waals surface area contributed by atoms with Gasteiger partial charge in [-0.25, -0.2) is 8.78 Å². The molecule has 0 saturated carbocycles. The van der Waals surface area contributed by atoms with Crippen LogP contribution in [0.1, 0.15) is 41.8 Å². The van der Waals surface area contributed by atoms with E-state index >= 15 is 0 Å². The second kappa shape index (κ2) is 10.5. The van der Waals surface area contributed by atoms with Crippen LogP contribution < -0.4 is 11.1 Å². The molecule has 1 unspecified atom stereocenters. The van der Waals surface area contributed by atoms with Crippen LogP contribution in [0.4, 0.5) is 27.6 Å². The zero-order chi connectivity index (χ0) is 24.1. The maximum atomic E-state index is 14.1. The van der Waals surface area contributed by atoms with Gasteiger partial charge in [0.25, 0.3) is 5.91 Å². The van der Waals surface area contributed by atoms with Crippen molar-refractivity contribution >= 4 is 40.1 Å². The highest BCUT2D eigenvalue weighted by atomic mass is 35.5. The Balaban J connectivity index is 0.000000654. The Hall–Kier alpha value is -2.33. The largest absolute Gasteiger partial charge is 0.386 e. The first-order chi connectivity index (χ1) is 14.8. The van der Waals surface area contributed by atoms with Crippen LogP contribution in [-0.2, 0) is 12.2 Å². The minimum Gasteiger partial charge on any atom is -0.379 e. The molecule has 0 saturated heterocycles. The third kappa shape index (κ3) is 7.09. The van der Waals surface area contributed by atoms with Gasteiger partial charge in [-0.2, -0.15) is 13.2 Å². The molecule has 0 spiro atoms. The first kappa shape index (κ1) is 25.9. The van der Waals surface area contributed by atoms with E-state index in [4.69, 9.17) is 17.3 Å². The number of rotatable bonds is 4. The Labute approximate surface area is 191 Å². The van der Waals surface area contributed by atoms with Crippen LogP contribution in [0.5, 0.6) is 0 Å². The minimum atomic E-state index is -4.00. The van der Waals surface area contributed by atoms with Gasteiger partial charge in [-0.3, -0.25) is 9.79 Å². The molecule has 3 N–H and O–H groups in total. The lowest BCUT2D eigenvalue weighted by Crippen LogP contribution is -2.29. The molecule has 1 amide bonds. The number of nitrogens with one attached hydrogen (secondary N) is 1. The molecule has 0 bridgehead atoms. The summed E-state index contributed by atoms with van der Waals surface area (Å²) in [6.45, 7) is 1.35. The van der Waals surface area contributed by atoms with Crippen molar-refractivity contribution in [3.63, 3.8) is 0 Å². The molecular weight excluding hydrogens is 473 g/mol. The highest BCUT2D eigenvalue weighted by Crippen LogP contribution is 2.37. The molecule has 1 aliphatic heterocycles. The molecule has 2 aromatic rings. The van der Waals surface area contributed by atoms with Gasteiger partial charge in [0, 0.05) is 23.9 Å². The number of nitrogens with two attached hydrogens (primary N) is 1. The minimum absolute atomic E-state index is 0.154. The predicted octanol–water partition coefficient (Wildman–Crippen LogP) is 6.44. The van der Waals surface area contributed by atoms with Crippen LogP contribution in [0.2, 0.25) is 5.02 Å². The van der Waals surface area contributed by atoms with Crippen LogP contribution >= 0.6 is 23.4 Å². The second-order valence-corrected chi connectivity index (χ2v) is 8.69. The lowest BCUT2D eigenvalue weighted by molar-refractivity contribution is -0.110. The van der Waals surface area contributed by atoms with Crippen LogP contribution in [0, 0.1) is 5.82 Å². The fraction of sp³-hybridized carbons (Fsp3) is 0.333. The van der Waals surface area contributed by atoms with Crippen molar-refractivity contribution in [2.45, 2.75) is 38.7 Å². The van der Waals surface area contributed by atoms with Gasteiger partial charge >= 0.3 is 6.18 Å². The van der Waals surface area contributed by atoms with E-state index in [0.29, 0.717) is 10.7 Å². The van der Waals surface area contributed by atoms with Crippen molar-refractivity contribution in [2.24, 2.45) is 10.7 Å². The average molecular weight is 494 g/mol. The predicted molar refractivity (Wildman–Crippen MR) is 118 cm³/mol. The number of halogens is 6. The molecule has 0 radical (unpaired) electrons. The summed E-state index contributed by atoms with van der Waals surface area (Å²) >= 11 is 7.22. The molecule has 1 aliphatic rings. The summed E-state index contributed by atoms with van der Waals surface area (Å²) in [6, 6.07) is 9.19. The normalized spacial score (nSPS) is 18.3. The Kier molecular flexibility index (Phi) is 8.53. The maximum Gasteiger partial charge on any atom is 0.386 e. The fourth-order valence-corrected chi connectivity index (χ4v) is 4.06. The molecule has 0 aromatic heterocycles. The molecule has 1 atom stereocenters. The highest BCUT2D eigenvalue weighted by molar-refractivity contribution is 8.13. The lowest BCUT2D eigenvalue weighted by atomic mass is 9.88. The highest BCUT2D eigenvalue weighted by Gasteiger charge is 2.30. The molecule has 32 heavy (non-hydrogen) atoms. The Morgan fingerprint density at radius 2 is 1.97 bits per heavy atom. The number of alkyl halides is 4. The number of benzene rings is 2. The van der Waals surface area contributed by atoms with Crippen molar-refractivity contribution < 1.29 is 26.7 Å². The summed E-state index contributed by atoms with van der Waals surface area (Å²) in [5.74, 6) is -0.705. The molecule has 0 aliphatic carbocycles. The average Bonchev–Trinajstić information content (AvgIpc) is 2.68. The third-order valence-corrected chi connectivity index (χ3v) is 5.60. The maximum absolute atomic E-state index is 14.1. The summed E-state index contributed by atoms with van der Waals surface area (Å²) < 4.78 is 58.6. The number of aliphatic imine (C=N–C) groups is 1. The number of amidine groups is 1. The van der Waals surface area contributed by atoms with Crippen LogP contribution in [0.3, 0.4) is 0 Å². The first-order valence-corrected chi connectivity index (χ1v) is 10.7. The summed E-state index contributed by atoms with van der Waals surface area (Å²) in [5, 5.41) is 2.93. The number of nitrogens with zero attached hydrogens (tertiary/aromatic N) is 1. The molecule has 3 rings (SSSR count). The van der Waals surface area contributed by atoms with Gasteiger partial charge in [0.2, 0.25) is 0 Å². The Bertz CT molecular complexity index is 1010. The summed E-state index contributed by atoms with van der Waals surface area (Å²) in [6.07, 6.45) is -3.25. The van der Waals surface area contributed by atoms with Crippen molar-refractivity contribution in [2.75, 3.05) is 11.1 Å². The zero-order valence-electron chi connectivity index (χ0n) is 17.2. The van der Waals surface area contributed by atoms with Crippen molar-refractivity contribution in [1.29, 1.82) is 0 Å². The zero-order valence-corrected chi connectivity index (χ0v) is 18.8. The Morgan fingerprint density at radius 3 is 2.56 bits per heavy atom. The quantitative estimate of drug-likeness (QED) is 0.482. The first-order valence-electron chi connectivity index (χ1n) is 9.33. The van der Waals surface area contributed by atoms with E-state index in [9.17, 15) is 26.7 Å². The third-order valence-electron chi connectivity index (χ3n) is 4.52. The van der Waals surface area contributed by atoms with E-state index in [-0.39, 0.29) is 23.2 Å². The van der Waals surface area contributed by atoms with Crippen LogP contribution in [0.15, 0.2) is 41.4 Å².